The number of benzene rings is 1. The summed E-state index contributed by atoms with van der Waals surface area (Å²) in [7, 11) is 0. The topological polar surface area (TPSA) is 26.3 Å². The van der Waals surface area contributed by atoms with Gasteiger partial charge in [-0.15, -0.1) is 0 Å². The molecule has 0 spiro atoms. The summed E-state index contributed by atoms with van der Waals surface area (Å²) in [6.45, 7) is 7.72. The number of Topliss-reactive ketones (excluding diaryl/α,β-unsaturated/α-hetero) is 1. The van der Waals surface area contributed by atoms with E-state index in [1.807, 2.05) is 24.3 Å². The van der Waals surface area contributed by atoms with E-state index in [9.17, 15) is 4.79 Å². The number of carbonyl (C=O) groups excluding carboxylic acids is 1. The van der Waals surface area contributed by atoms with E-state index in [2.05, 4.69) is 20.8 Å². The van der Waals surface area contributed by atoms with E-state index >= 15 is 0 Å². The number of ketones is 1. The lowest BCUT2D eigenvalue weighted by molar-refractivity contribution is 0.0873. The third-order valence-corrected chi connectivity index (χ3v) is 3.02. The molecule has 1 aromatic rings. The predicted octanol–water partition coefficient (Wildman–Crippen LogP) is 4.20. The molecule has 1 rings (SSSR count). The van der Waals surface area contributed by atoms with Crippen molar-refractivity contribution in [1.82, 2.24) is 0 Å². The van der Waals surface area contributed by atoms with Crippen molar-refractivity contribution in [3.8, 4) is 0 Å². The van der Waals surface area contributed by atoms with Crippen molar-refractivity contribution in [3.63, 3.8) is 0 Å². The van der Waals surface area contributed by atoms with Crippen LogP contribution in [-0.2, 0) is 4.74 Å². The number of carbonyl (C=O) groups is 1. The van der Waals surface area contributed by atoms with E-state index in [4.69, 9.17) is 4.74 Å². The number of hydrogen-bond donors (Lipinski definition) is 0. The van der Waals surface area contributed by atoms with E-state index in [1.165, 1.54) is 5.56 Å². The molecular formula is C16H24O2. The molecule has 2 heteroatoms. The molecular weight excluding hydrogens is 224 g/mol. The van der Waals surface area contributed by atoms with Crippen LogP contribution in [0.2, 0.25) is 0 Å². The van der Waals surface area contributed by atoms with Gasteiger partial charge < -0.3 is 4.74 Å². The molecule has 0 radical (unpaired) electrons. The first-order chi connectivity index (χ1) is 8.65. The average molecular weight is 248 g/mol. The highest BCUT2D eigenvalue weighted by molar-refractivity contribution is 5.96. The molecule has 0 fully saturated rings. The quantitative estimate of drug-likeness (QED) is 0.509. The molecule has 0 N–H and O–H groups in total. The van der Waals surface area contributed by atoms with Crippen LogP contribution < -0.4 is 0 Å². The zero-order valence-electron chi connectivity index (χ0n) is 11.7. The third-order valence-electron chi connectivity index (χ3n) is 3.02. The Labute approximate surface area is 110 Å². The van der Waals surface area contributed by atoms with Crippen LogP contribution in [0.25, 0.3) is 0 Å². The van der Waals surface area contributed by atoms with Crippen LogP contribution in [0.3, 0.4) is 0 Å². The van der Waals surface area contributed by atoms with Gasteiger partial charge in [0.1, 0.15) is 0 Å². The highest BCUT2D eigenvalue weighted by atomic mass is 16.5. The predicted molar refractivity (Wildman–Crippen MR) is 75.2 cm³/mol. The van der Waals surface area contributed by atoms with Crippen molar-refractivity contribution < 1.29 is 9.53 Å². The van der Waals surface area contributed by atoms with Crippen LogP contribution in [-0.4, -0.2) is 19.0 Å². The van der Waals surface area contributed by atoms with Gasteiger partial charge in [0, 0.05) is 18.6 Å². The number of hydrogen-bond acceptors (Lipinski definition) is 2. The Morgan fingerprint density at radius 3 is 2.39 bits per heavy atom. The van der Waals surface area contributed by atoms with Crippen LogP contribution in [0.1, 0.15) is 61.9 Å². The molecule has 0 unspecified atom stereocenters. The van der Waals surface area contributed by atoms with Crippen molar-refractivity contribution in [2.45, 2.75) is 46.0 Å². The van der Waals surface area contributed by atoms with E-state index in [-0.39, 0.29) is 5.78 Å². The smallest absolute Gasteiger partial charge is 0.165 e. The Morgan fingerprint density at radius 1 is 1.17 bits per heavy atom. The molecule has 0 amide bonds. The average Bonchev–Trinajstić information content (AvgIpc) is 2.38. The van der Waals surface area contributed by atoms with E-state index in [0.717, 1.165) is 25.0 Å². The molecule has 0 heterocycles. The molecule has 2 nitrogen and oxygen atoms in total. The Hall–Kier alpha value is -1.15. The van der Waals surface area contributed by atoms with Crippen molar-refractivity contribution in [2.75, 3.05) is 13.2 Å². The summed E-state index contributed by atoms with van der Waals surface area (Å²) in [6.07, 6.45) is 2.67. The second kappa shape index (κ2) is 8.04. The second-order valence-electron chi connectivity index (χ2n) is 4.92. The van der Waals surface area contributed by atoms with Crippen LogP contribution in [0, 0.1) is 0 Å². The Bertz CT molecular complexity index is 352. The molecule has 0 aromatic heterocycles. The maximum Gasteiger partial charge on any atom is 0.165 e. The monoisotopic (exact) mass is 248 g/mol. The normalized spacial score (nSPS) is 10.9. The van der Waals surface area contributed by atoms with Crippen LogP contribution in [0.4, 0.5) is 0 Å². The lowest BCUT2D eigenvalue weighted by Crippen LogP contribution is -2.05. The standard InChI is InChI=1S/C16H24O2/c1-4-5-11-18-12-10-16(17)15-8-6-14(7-9-15)13(2)3/h6-9,13H,4-5,10-12H2,1-3H3. The van der Waals surface area contributed by atoms with Crippen molar-refractivity contribution >= 4 is 5.78 Å². The van der Waals surface area contributed by atoms with E-state index < -0.39 is 0 Å². The van der Waals surface area contributed by atoms with Crippen LogP contribution in [0.15, 0.2) is 24.3 Å². The molecule has 0 aliphatic rings. The summed E-state index contributed by atoms with van der Waals surface area (Å²) in [4.78, 5) is 11.9. The van der Waals surface area contributed by atoms with E-state index in [1.54, 1.807) is 0 Å². The maximum absolute atomic E-state index is 11.9. The van der Waals surface area contributed by atoms with Crippen molar-refractivity contribution in [1.29, 1.82) is 0 Å². The van der Waals surface area contributed by atoms with Gasteiger partial charge in [-0.3, -0.25) is 4.79 Å². The van der Waals surface area contributed by atoms with Crippen LogP contribution in [0.5, 0.6) is 0 Å². The van der Waals surface area contributed by atoms with Crippen molar-refractivity contribution in [2.24, 2.45) is 0 Å². The molecule has 0 atom stereocenters. The van der Waals surface area contributed by atoms with E-state index in [0.29, 0.717) is 18.9 Å². The summed E-state index contributed by atoms with van der Waals surface area (Å²) in [5, 5.41) is 0. The van der Waals surface area contributed by atoms with Gasteiger partial charge >= 0.3 is 0 Å². The fourth-order valence-corrected chi connectivity index (χ4v) is 1.71. The number of ether oxygens (including phenoxy) is 1. The molecule has 100 valence electrons. The van der Waals surface area contributed by atoms with Gasteiger partial charge in [-0.25, -0.2) is 0 Å². The molecule has 18 heavy (non-hydrogen) atoms. The minimum atomic E-state index is 0.168. The molecule has 0 saturated carbocycles. The highest BCUT2D eigenvalue weighted by Gasteiger charge is 2.06. The first-order valence-electron chi connectivity index (χ1n) is 6.86. The Kier molecular flexibility index (Phi) is 6.66. The fourth-order valence-electron chi connectivity index (χ4n) is 1.71. The summed E-state index contributed by atoms with van der Waals surface area (Å²) < 4.78 is 5.41. The number of unbranched alkanes of at least 4 members (excludes halogenated alkanes) is 1. The van der Waals surface area contributed by atoms with Gasteiger partial charge in [0.15, 0.2) is 5.78 Å². The molecule has 0 aliphatic heterocycles. The molecule has 0 aliphatic carbocycles. The van der Waals surface area contributed by atoms with Crippen LogP contribution >= 0.6 is 0 Å². The summed E-state index contributed by atoms with van der Waals surface area (Å²) in [5.74, 6) is 0.674. The minimum Gasteiger partial charge on any atom is -0.381 e. The lowest BCUT2D eigenvalue weighted by atomic mass is 10.00. The fraction of sp³-hybridized carbons (Fsp3) is 0.562. The van der Waals surface area contributed by atoms with Gasteiger partial charge in [-0.1, -0.05) is 51.5 Å². The van der Waals surface area contributed by atoms with Gasteiger partial charge in [0.25, 0.3) is 0 Å². The SMILES string of the molecule is CCCCOCCC(=O)c1ccc(C(C)C)cc1. The second-order valence-corrected chi connectivity index (χ2v) is 4.92. The third kappa shape index (κ3) is 5.01. The van der Waals surface area contributed by atoms with Crippen molar-refractivity contribution in [3.05, 3.63) is 35.4 Å². The zero-order valence-corrected chi connectivity index (χ0v) is 11.7. The Morgan fingerprint density at radius 2 is 1.83 bits per heavy atom. The lowest BCUT2D eigenvalue weighted by Gasteiger charge is -2.07. The molecule has 0 bridgehead atoms. The maximum atomic E-state index is 11.9. The van der Waals surface area contributed by atoms with Gasteiger partial charge in [-0.2, -0.15) is 0 Å². The summed E-state index contributed by atoms with van der Waals surface area (Å²) in [5.41, 5.74) is 2.06. The summed E-state index contributed by atoms with van der Waals surface area (Å²) in [6, 6.07) is 7.92. The largest absolute Gasteiger partial charge is 0.381 e. The summed E-state index contributed by atoms with van der Waals surface area (Å²) >= 11 is 0. The Balaban J connectivity index is 2.37. The van der Waals surface area contributed by atoms with Gasteiger partial charge in [-0.05, 0) is 17.9 Å². The molecule has 1 aromatic carbocycles. The molecule has 0 saturated heterocycles. The highest BCUT2D eigenvalue weighted by Crippen LogP contribution is 2.15. The number of rotatable bonds is 8. The van der Waals surface area contributed by atoms with Gasteiger partial charge in [0.2, 0.25) is 0 Å². The minimum absolute atomic E-state index is 0.168. The first kappa shape index (κ1) is 14.9. The van der Waals surface area contributed by atoms with Gasteiger partial charge in [0.05, 0.1) is 6.61 Å². The first-order valence-corrected chi connectivity index (χ1v) is 6.86. The zero-order chi connectivity index (χ0) is 13.4.